The second-order valence-corrected chi connectivity index (χ2v) is 8.02. The molecular formula is C22H25N7O2. The van der Waals surface area contributed by atoms with Crippen LogP contribution in [0, 0.1) is 6.92 Å². The summed E-state index contributed by atoms with van der Waals surface area (Å²) in [6.45, 7) is 8.64. The fourth-order valence-electron chi connectivity index (χ4n) is 4.37. The first-order valence-electron chi connectivity index (χ1n) is 10.6. The lowest BCUT2D eigenvalue weighted by Crippen LogP contribution is -2.46. The molecule has 1 aromatic carbocycles. The standard InChI is InChI=1S/C22H25N7O2/c1-3-29-21(30)17-5-4-15(10-18(17)25-22(29)31)13-27-6-8-28(9-7-27)19-11-16-12-23-26-20(16)24-14(19)2/h4-5,10-12H,3,6-9,13H2,1-2H3,(H,25,31)(H,23,24,26). The third-order valence-electron chi connectivity index (χ3n) is 6.07. The van der Waals surface area contributed by atoms with Crippen molar-refractivity contribution in [3.8, 4) is 0 Å². The summed E-state index contributed by atoms with van der Waals surface area (Å²) in [7, 11) is 0. The fourth-order valence-corrected chi connectivity index (χ4v) is 4.37. The van der Waals surface area contributed by atoms with Crippen molar-refractivity contribution < 1.29 is 0 Å². The van der Waals surface area contributed by atoms with Gasteiger partial charge in [-0.25, -0.2) is 9.78 Å². The van der Waals surface area contributed by atoms with Crippen LogP contribution in [0.15, 0.2) is 40.1 Å². The van der Waals surface area contributed by atoms with Crippen LogP contribution in [0.1, 0.15) is 18.2 Å². The zero-order valence-electron chi connectivity index (χ0n) is 17.7. The molecule has 9 nitrogen and oxygen atoms in total. The SMILES string of the molecule is CCn1c(=O)[nH]c2cc(CN3CCN(c4cc5cn[nH]c5nc4C)CC3)ccc2c1=O. The molecule has 0 aliphatic carbocycles. The molecule has 5 rings (SSSR count). The number of hydrogen-bond acceptors (Lipinski definition) is 6. The van der Waals surface area contributed by atoms with E-state index < -0.39 is 0 Å². The molecule has 2 N–H and O–H groups in total. The van der Waals surface area contributed by atoms with E-state index in [0.29, 0.717) is 17.4 Å². The Kier molecular flexibility index (Phi) is 4.82. The predicted octanol–water partition coefficient (Wildman–Crippen LogP) is 1.61. The Labute approximate surface area is 178 Å². The largest absolute Gasteiger partial charge is 0.367 e. The molecule has 0 radical (unpaired) electrons. The van der Waals surface area contributed by atoms with Crippen LogP contribution in [-0.4, -0.2) is 55.8 Å². The number of aromatic amines is 2. The number of fused-ring (bicyclic) bond motifs is 2. The Balaban J connectivity index is 1.31. The van der Waals surface area contributed by atoms with Crippen LogP contribution < -0.4 is 16.1 Å². The number of hydrogen-bond donors (Lipinski definition) is 2. The van der Waals surface area contributed by atoms with Gasteiger partial charge in [0.15, 0.2) is 5.65 Å². The van der Waals surface area contributed by atoms with Crippen molar-refractivity contribution in [2.24, 2.45) is 0 Å². The maximum atomic E-state index is 12.5. The molecule has 1 fully saturated rings. The summed E-state index contributed by atoms with van der Waals surface area (Å²) in [5, 5.41) is 8.56. The summed E-state index contributed by atoms with van der Waals surface area (Å²) in [6, 6.07) is 7.88. The number of aryl methyl sites for hydroxylation is 1. The highest BCUT2D eigenvalue weighted by Crippen LogP contribution is 2.24. The number of pyridine rings is 1. The van der Waals surface area contributed by atoms with E-state index in [2.05, 4.69) is 36.0 Å². The van der Waals surface area contributed by atoms with Crippen LogP contribution in [0.3, 0.4) is 0 Å². The third kappa shape index (κ3) is 3.50. The second kappa shape index (κ2) is 7.66. The molecular weight excluding hydrogens is 394 g/mol. The van der Waals surface area contributed by atoms with Gasteiger partial charge in [-0.2, -0.15) is 5.10 Å². The van der Waals surface area contributed by atoms with Gasteiger partial charge in [0.05, 0.1) is 28.5 Å². The van der Waals surface area contributed by atoms with E-state index in [-0.39, 0.29) is 11.2 Å². The average Bonchev–Trinajstić information content (AvgIpc) is 3.21. The Morgan fingerprint density at radius 1 is 1.10 bits per heavy atom. The highest BCUT2D eigenvalue weighted by molar-refractivity contribution is 5.79. The topological polar surface area (TPSA) is 103 Å². The summed E-state index contributed by atoms with van der Waals surface area (Å²) in [5.41, 5.74) is 4.07. The second-order valence-electron chi connectivity index (χ2n) is 8.02. The van der Waals surface area contributed by atoms with Gasteiger partial charge in [0.2, 0.25) is 0 Å². The predicted molar refractivity (Wildman–Crippen MR) is 121 cm³/mol. The molecule has 1 aliphatic rings. The number of rotatable bonds is 4. The molecule has 0 saturated carbocycles. The van der Waals surface area contributed by atoms with E-state index in [9.17, 15) is 9.59 Å². The Morgan fingerprint density at radius 2 is 1.90 bits per heavy atom. The lowest BCUT2D eigenvalue weighted by Gasteiger charge is -2.36. The quantitative estimate of drug-likeness (QED) is 0.521. The van der Waals surface area contributed by atoms with Crippen LogP contribution in [0.4, 0.5) is 5.69 Å². The van der Waals surface area contributed by atoms with Crippen molar-refractivity contribution >= 4 is 27.6 Å². The van der Waals surface area contributed by atoms with Crippen molar-refractivity contribution in [1.29, 1.82) is 0 Å². The lowest BCUT2D eigenvalue weighted by atomic mass is 10.1. The molecule has 3 aromatic heterocycles. The van der Waals surface area contributed by atoms with Crippen molar-refractivity contribution in [2.75, 3.05) is 31.1 Å². The summed E-state index contributed by atoms with van der Waals surface area (Å²) < 4.78 is 1.22. The number of nitrogens with one attached hydrogen (secondary N) is 2. The fraction of sp³-hybridized carbons (Fsp3) is 0.364. The Hall–Kier alpha value is -3.46. The first-order chi connectivity index (χ1) is 15.0. The van der Waals surface area contributed by atoms with Gasteiger partial charge < -0.3 is 9.88 Å². The molecule has 0 bridgehead atoms. The minimum Gasteiger partial charge on any atom is -0.367 e. The molecule has 0 atom stereocenters. The maximum absolute atomic E-state index is 12.5. The third-order valence-corrected chi connectivity index (χ3v) is 6.07. The minimum atomic E-state index is -0.357. The van der Waals surface area contributed by atoms with Gasteiger partial charge in [-0.1, -0.05) is 6.07 Å². The van der Waals surface area contributed by atoms with Gasteiger partial charge >= 0.3 is 5.69 Å². The van der Waals surface area contributed by atoms with Gasteiger partial charge in [0, 0.05) is 44.7 Å². The van der Waals surface area contributed by atoms with Crippen LogP contribution in [0.5, 0.6) is 0 Å². The van der Waals surface area contributed by atoms with Gasteiger partial charge in [0.1, 0.15) is 0 Å². The first kappa shape index (κ1) is 19.5. The number of anilines is 1. The van der Waals surface area contributed by atoms with Gasteiger partial charge in [0.25, 0.3) is 5.56 Å². The van der Waals surface area contributed by atoms with E-state index in [4.69, 9.17) is 0 Å². The first-order valence-corrected chi connectivity index (χ1v) is 10.6. The lowest BCUT2D eigenvalue weighted by molar-refractivity contribution is 0.250. The van der Waals surface area contributed by atoms with E-state index >= 15 is 0 Å². The molecule has 0 amide bonds. The molecule has 4 aromatic rings. The zero-order valence-corrected chi connectivity index (χ0v) is 17.7. The average molecular weight is 419 g/mol. The van der Waals surface area contributed by atoms with E-state index in [1.54, 1.807) is 13.1 Å². The van der Waals surface area contributed by atoms with Crippen LogP contribution >= 0.6 is 0 Å². The Bertz CT molecular complexity index is 1380. The molecule has 4 heterocycles. The van der Waals surface area contributed by atoms with Gasteiger partial charge in [-0.05, 0) is 37.6 Å². The van der Waals surface area contributed by atoms with Gasteiger partial charge in [-0.3, -0.25) is 19.4 Å². The normalized spacial score (nSPS) is 15.2. The number of piperazine rings is 1. The molecule has 160 valence electrons. The number of aromatic nitrogens is 5. The molecule has 31 heavy (non-hydrogen) atoms. The number of benzene rings is 1. The highest BCUT2D eigenvalue weighted by Gasteiger charge is 2.20. The van der Waals surface area contributed by atoms with Crippen molar-refractivity contribution in [3.05, 3.63) is 62.6 Å². The number of H-pyrrole nitrogens is 2. The molecule has 0 unspecified atom stereocenters. The maximum Gasteiger partial charge on any atom is 0.328 e. The molecule has 1 aliphatic heterocycles. The van der Waals surface area contributed by atoms with E-state index in [1.807, 2.05) is 25.1 Å². The van der Waals surface area contributed by atoms with Gasteiger partial charge in [-0.15, -0.1) is 0 Å². The molecule has 1 saturated heterocycles. The molecule has 0 spiro atoms. The summed E-state index contributed by atoms with van der Waals surface area (Å²) in [6.07, 6.45) is 1.81. The monoisotopic (exact) mass is 419 g/mol. The van der Waals surface area contributed by atoms with E-state index in [0.717, 1.165) is 60.7 Å². The van der Waals surface area contributed by atoms with Crippen molar-refractivity contribution in [3.63, 3.8) is 0 Å². The highest BCUT2D eigenvalue weighted by atomic mass is 16.2. The van der Waals surface area contributed by atoms with Crippen LogP contribution in [0.25, 0.3) is 21.9 Å². The minimum absolute atomic E-state index is 0.236. The Morgan fingerprint density at radius 3 is 2.68 bits per heavy atom. The molecule has 9 heteroatoms. The van der Waals surface area contributed by atoms with Crippen molar-refractivity contribution in [1.82, 2.24) is 29.6 Å². The van der Waals surface area contributed by atoms with Crippen molar-refractivity contribution in [2.45, 2.75) is 26.9 Å². The summed E-state index contributed by atoms with van der Waals surface area (Å²) in [5.74, 6) is 0. The zero-order chi connectivity index (χ0) is 21.5. The summed E-state index contributed by atoms with van der Waals surface area (Å²) in [4.78, 5) is 36.8. The van der Waals surface area contributed by atoms with Crippen LogP contribution in [-0.2, 0) is 13.1 Å². The van der Waals surface area contributed by atoms with Crippen LogP contribution in [0.2, 0.25) is 0 Å². The smallest absolute Gasteiger partial charge is 0.328 e. The summed E-state index contributed by atoms with van der Waals surface area (Å²) >= 11 is 0. The number of nitrogens with zero attached hydrogens (tertiary/aromatic N) is 5. The van der Waals surface area contributed by atoms with E-state index in [1.165, 1.54) is 4.57 Å².